The Hall–Kier alpha value is -2.25. The second-order valence-electron chi connectivity index (χ2n) is 13.6. The van der Waals surface area contributed by atoms with Crippen molar-refractivity contribution < 1.29 is 37.6 Å². The van der Waals surface area contributed by atoms with E-state index in [1.807, 2.05) is 0 Å². The van der Waals surface area contributed by atoms with Gasteiger partial charge in [-0.25, -0.2) is 4.57 Å². The van der Waals surface area contributed by atoms with Gasteiger partial charge in [0.05, 0.1) is 13.2 Å². The molecule has 0 spiro atoms. The minimum absolute atomic E-state index is 0.00714. The first-order valence-electron chi connectivity index (χ1n) is 21.1. The first kappa shape index (κ1) is 50.8. The number of hydrogen-bond acceptors (Lipinski definition) is 7. The molecule has 0 aromatic carbocycles. The zero-order valence-corrected chi connectivity index (χ0v) is 34.8. The van der Waals surface area contributed by atoms with Crippen molar-refractivity contribution in [1.29, 1.82) is 0 Å². The van der Waals surface area contributed by atoms with Gasteiger partial charge >= 0.3 is 19.8 Å². The normalized spacial score (nSPS) is 14.0. The molecule has 0 aromatic heterocycles. The Kier molecular flexibility index (Phi) is 37.8. The molecule has 9 heteroatoms. The molecule has 2 unspecified atom stereocenters. The van der Waals surface area contributed by atoms with Gasteiger partial charge in [0.25, 0.3) is 0 Å². The Morgan fingerprint density at radius 3 is 1.45 bits per heavy atom. The van der Waals surface area contributed by atoms with Crippen LogP contribution in [0.2, 0.25) is 0 Å². The highest BCUT2D eigenvalue weighted by Crippen LogP contribution is 2.43. The highest BCUT2D eigenvalue weighted by molar-refractivity contribution is 7.47. The highest BCUT2D eigenvalue weighted by Gasteiger charge is 2.25. The lowest BCUT2D eigenvalue weighted by Crippen LogP contribution is -2.29. The number of esters is 2. The fraction of sp³-hybridized carbons (Fsp3) is 0.727. The van der Waals surface area contributed by atoms with E-state index in [4.69, 9.17) is 18.5 Å². The SMILES string of the molecule is CC/C=C\C/C=C\C/C=C\CCCCCCCC(=O)OC(COC(=O)CCCCCCCCC/C=C\C/C=C\CCCCCC)COP(=O)(O)OCC. The molecule has 0 heterocycles. The molecule has 0 saturated carbocycles. The summed E-state index contributed by atoms with van der Waals surface area (Å²) in [7, 11) is -4.29. The lowest BCUT2D eigenvalue weighted by Gasteiger charge is -2.19. The average molecular weight is 765 g/mol. The van der Waals surface area contributed by atoms with Crippen LogP contribution in [0.15, 0.2) is 60.8 Å². The molecule has 0 saturated heterocycles. The largest absolute Gasteiger partial charge is 0.472 e. The van der Waals surface area contributed by atoms with Gasteiger partial charge in [-0.2, -0.15) is 0 Å². The van der Waals surface area contributed by atoms with Gasteiger partial charge in [-0.15, -0.1) is 0 Å². The molecule has 53 heavy (non-hydrogen) atoms. The Morgan fingerprint density at radius 1 is 0.528 bits per heavy atom. The number of rotatable bonds is 38. The van der Waals surface area contributed by atoms with Crippen LogP contribution >= 0.6 is 7.82 Å². The third-order valence-corrected chi connectivity index (χ3v) is 9.62. The van der Waals surface area contributed by atoms with Gasteiger partial charge in [-0.3, -0.25) is 18.6 Å². The zero-order valence-electron chi connectivity index (χ0n) is 33.9. The van der Waals surface area contributed by atoms with Crippen LogP contribution in [0.5, 0.6) is 0 Å². The van der Waals surface area contributed by atoms with E-state index in [0.717, 1.165) is 89.9 Å². The lowest BCUT2D eigenvalue weighted by molar-refractivity contribution is -0.161. The predicted octanol–water partition coefficient (Wildman–Crippen LogP) is 13.2. The number of allylic oxidation sites excluding steroid dienone is 10. The molecule has 8 nitrogen and oxygen atoms in total. The summed E-state index contributed by atoms with van der Waals surface area (Å²) in [6.45, 7) is 5.31. The standard InChI is InChI=1S/C44H77O8P/c1-4-7-9-11-13-15-17-19-21-22-23-25-26-28-30-32-34-36-38-43(45)49-40-42(41-51-53(47,48)50-6-3)52-44(46)39-37-35-33-31-29-27-24-20-18-16-14-12-10-8-5-2/h8,10,14-17,20-22,24,42H,4-7,9,11-13,18-19,23,25-41H2,1-3H3,(H,47,48)/b10-8-,16-14-,17-15-,22-21-,24-20-. The number of hydrogen-bond donors (Lipinski definition) is 1. The predicted molar refractivity (Wildman–Crippen MR) is 221 cm³/mol. The molecule has 0 amide bonds. The smallest absolute Gasteiger partial charge is 0.462 e. The molecule has 0 aliphatic carbocycles. The Morgan fingerprint density at radius 2 is 0.962 bits per heavy atom. The van der Waals surface area contributed by atoms with E-state index >= 15 is 0 Å². The second-order valence-corrected chi connectivity index (χ2v) is 15.1. The molecule has 0 aliphatic heterocycles. The highest BCUT2D eigenvalue weighted by atomic mass is 31.2. The van der Waals surface area contributed by atoms with Crippen molar-refractivity contribution in [3.05, 3.63) is 60.8 Å². The third-order valence-electron chi connectivity index (χ3n) is 8.56. The average Bonchev–Trinajstić information content (AvgIpc) is 3.13. The summed E-state index contributed by atoms with van der Waals surface area (Å²) < 4.78 is 32.6. The van der Waals surface area contributed by atoms with Crippen LogP contribution in [0.1, 0.15) is 181 Å². The summed E-state index contributed by atoms with van der Waals surface area (Å²) >= 11 is 0. The van der Waals surface area contributed by atoms with Gasteiger partial charge in [-0.05, 0) is 84.0 Å². The van der Waals surface area contributed by atoms with E-state index in [2.05, 4.69) is 74.6 Å². The van der Waals surface area contributed by atoms with Crippen molar-refractivity contribution in [1.82, 2.24) is 0 Å². The van der Waals surface area contributed by atoms with E-state index in [1.165, 1.54) is 51.4 Å². The Bertz CT molecular complexity index is 1050. The molecule has 0 radical (unpaired) electrons. The maximum atomic E-state index is 12.5. The molecule has 0 rings (SSSR count). The molecule has 0 aromatic rings. The Balaban J connectivity index is 4.14. The van der Waals surface area contributed by atoms with Crippen LogP contribution in [0.3, 0.4) is 0 Å². The molecule has 0 bridgehead atoms. The molecule has 1 N–H and O–H groups in total. The minimum Gasteiger partial charge on any atom is -0.462 e. The van der Waals surface area contributed by atoms with Gasteiger partial charge in [0.2, 0.25) is 0 Å². The number of unbranched alkanes of at least 4 members (excludes halogenated alkanes) is 16. The van der Waals surface area contributed by atoms with E-state index in [1.54, 1.807) is 6.92 Å². The molecule has 0 aliphatic rings. The number of ether oxygens (including phenoxy) is 2. The van der Waals surface area contributed by atoms with Gasteiger partial charge in [0.1, 0.15) is 6.61 Å². The van der Waals surface area contributed by atoms with Crippen LogP contribution in [0, 0.1) is 0 Å². The summed E-state index contributed by atoms with van der Waals surface area (Å²) in [5.41, 5.74) is 0. The van der Waals surface area contributed by atoms with Crippen LogP contribution in [-0.2, 0) is 32.7 Å². The van der Waals surface area contributed by atoms with E-state index < -0.39 is 26.5 Å². The van der Waals surface area contributed by atoms with Crippen LogP contribution in [0.4, 0.5) is 0 Å². The van der Waals surface area contributed by atoms with Crippen LogP contribution in [0.25, 0.3) is 0 Å². The van der Waals surface area contributed by atoms with Crippen LogP contribution in [-0.4, -0.2) is 42.8 Å². The second kappa shape index (κ2) is 39.4. The van der Waals surface area contributed by atoms with E-state index in [-0.39, 0.29) is 32.0 Å². The van der Waals surface area contributed by atoms with E-state index in [9.17, 15) is 19.0 Å². The van der Waals surface area contributed by atoms with Crippen molar-refractivity contribution in [2.75, 3.05) is 19.8 Å². The minimum atomic E-state index is -4.29. The first-order chi connectivity index (χ1) is 25.8. The van der Waals surface area contributed by atoms with Gasteiger partial charge in [-0.1, -0.05) is 145 Å². The maximum absolute atomic E-state index is 12.5. The number of carbonyl (C=O) groups is 2. The van der Waals surface area contributed by atoms with Crippen molar-refractivity contribution in [2.45, 2.75) is 187 Å². The van der Waals surface area contributed by atoms with Gasteiger partial charge in [0, 0.05) is 12.8 Å². The van der Waals surface area contributed by atoms with Crippen molar-refractivity contribution in [3.63, 3.8) is 0 Å². The quantitative estimate of drug-likeness (QED) is 0.0286. The first-order valence-corrected chi connectivity index (χ1v) is 22.6. The molecular weight excluding hydrogens is 687 g/mol. The van der Waals surface area contributed by atoms with Gasteiger partial charge < -0.3 is 14.4 Å². The monoisotopic (exact) mass is 765 g/mol. The summed E-state index contributed by atoms with van der Waals surface area (Å²) in [6, 6.07) is 0. The number of phosphoric acid groups is 1. The fourth-order valence-corrected chi connectivity index (χ4v) is 6.25. The summed E-state index contributed by atoms with van der Waals surface area (Å²) in [5, 5.41) is 0. The van der Waals surface area contributed by atoms with E-state index in [0.29, 0.717) is 6.42 Å². The molecule has 306 valence electrons. The molecule has 0 fully saturated rings. The van der Waals surface area contributed by atoms with Crippen LogP contribution < -0.4 is 0 Å². The number of phosphoric ester groups is 1. The summed E-state index contributed by atoms with van der Waals surface area (Å²) in [6.07, 6.45) is 47.0. The third kappa shape index (κ3) is 39.3. The van der Waals surface area contributed by atoms with Gasteiger partial charge in [0.15, 0.2) is 6.10 Å². The maximum Gasteiger partial charge on any atom is 0.472 e. The topological polar surface area (TPSA) is 108 Å². The number of carbonyl (C=O) groups excluding carboxylic acids is 2. The Labute approximate surface area is 324 Å². The summed E-state index contributed by atoms with van der Waals surface area (Å²) in [4.78, 5) is 34.7. The van der Waals surface area contributed by atoms with Crippen molar-refractivity contribution in [2.24, 2.45) is 0 Å². The summed E-state index contributed by atoms with van der Waals surface area (Å²) in [5.74, 6) is -0.830. The lowest BCUT2D eigenvalue weighted by atomic mass is 10.1. The van der Waals surface area contributed by atoms with Crippen molar-refractivity contribution >= 4 is 19.8 Å². The molecule has 2 atom stereocenters. The molecular formula is C44H77O8P. The fourth-order valence-electron chi connectivity index (χ4n) is 5.50. The zero-order chi connectivity index (χ0) is 38.9. The van der Waals surface area contributed by atoms with Crippen molar-refractivity contribution in [3.8, 4) is 0 Å².